The standard InChI is InChI=1S/C31H38ClN5O5/c1-5-27(38)36-15-7-6-8-22(17-36)37-29-23(34-31(37)35-30(39)21-13-14-33-26(16-21)40-4)10-12-25(28(29)32)42-24-11-9-20(3)41-18-19(24)2/h5,10,12-14,16,19-20,22,24H,1,6-9,11,15,17-18H2,2-4H3,(H,34,35,39)/t19?,20?,22-,24-/m1/s1. The van der Waals surface area contributed by atoms with Crippen LogP contribution < -0.4 is 14.8 Å². The number of halogens is 1. The summed E-state index contributed by atoms with van der Waals surface area (Å²) in [5.74, 6) is 0.924. The number of carbonyl (C=O) groups is 2. The van der Waals surface area contributed by atoms with Gasteiger partial charge in [-0.3, -0.25) is 14.9 Å². The summed E-state index contributed by atoms with van der Waals surface area (Å²) in [7, 11) is 1.50. The molecule has 2 fully saturated rings. The number of hydrogen-bond acceptors (Lipinski definition) is 7. The molecule has 2 aliphatic rings. The van der Waals surface area contributed by atoms with Crippen LogP contribution in [0.5, 0.6) is 11.6 Å². The normalized spacial score (nSPS) is 23.1. The van der Waals surface area contributed by atoms with Crippen LogP contribution in [0.4, 0.5) is 5.95 Å². The van der Waals surface area contributed by atoms with E-state index in [9.17, 15) is 9.59 Å². The zero-order valence-corrected chi connectivity index (χ0v) is 25.1. The van der Waals surface area contributed by atoms with Crippen molar-refractivity contribution in [3.63, 3.8) is 0 Å². The lowest BCUT2D eigenvalue weighted by Crippen LogP contribution is -2.34. The van der Waals surface area contributed by atoms with Crippen molar-refractivity contribution in [3.8, 4) is 11.6 Å². The molecule has 0 spiro atoms. The predicted octanol–water partition coefficient (Wildman–Crippen LogP) is 5.67. The van der Waals surface area contributed by atoms with Crippen LogP contribution in [0.1, 0.15) is 62.4 Å². The highest BCUT2D eigenvalue weighted by molar-refractivity contribution is 6.36. The molecule has 2 aliphatic heterocycles. The third-order valence-corrected chi connectivity index (χ3v) is 8.46. The Morgan fingerprint density at radius 2 is 2.02 bits per heavy atom. The molecule has 0 bridgehead atoms. The molecule has 11 heteroatoms. The Morgan fingerprint density at radius 1 is 1.19 bits per heavy atom. The molecule has 3 aromatic rings. The summed E-state index contributed by atoms with van der Waals surface area (Å²) < 4.78 is 19.6. The molecule has 0 aliphatic carbocycles. The molecular weight excluding hydrogens is 558 g/mol. The summed E-state index contributed by atoms with van der Waals surface area (Å²) >= 11 is 7.12. The van der Waals surface area contributed by atoms with Crippen molar-refractivity contribution in [3.05, 3.63) is 53.7 Å². The smallest absolute Gasteiger partial charge is 0.258 e. The average molecular weight is 596 g/mol. The maximum absolute atomic E-state index is 13.4. The second-order valence-electron chi connectivity index (χ2n) is 11.1. The number of pyridine rings is 1. The summed E-state index contributed by atoms with van der Waals surface area (Å²) in [5.41, 5.74) is 1.64. The van der Waals surface area contributed by atoms with Crippen LogP contribution in [-0.4, -0.2) is 70.3 Å². The fourth-order valence-corrected chi connectivity index (χ4v) is 5.98. The van der Waals surface area contributed by atoms with Crippen LogP contribution in [0.2, 0.25) is 5.02 Å². The molecule has 0 radical (unpaired) electrons. The van der Waals surface area contributed by atoms with E-state index in [-0.39, 0.29) is 36.0 Å². The lowest BCUT2D eigenvalue weighted by molar-refractivity contribution is -0.126. The number of aromatic nitrogens is 3. The molecule has 4 heterocycles. The van der Waals surface area contributed by atoms with E-state index in [2.05, 4.69) is 30.7 Å². The molecule has 10 nitrogen and oxygen atoms in total. The van der Waals surface area contributed by atoms with Crippen molar-refractivity contribution < 1.29 is 23.8 Å². The number of anilines is 1. The van der Waals surface area contributed by atoms with Gasteiger partial charge in [-0.1, -0.05) is 25.1 Å². The van der Waals surface area contributed by atoms with Crippen LogP contribution in [0.15, 0.2) is 43.1 Å². The molecule has 2 saturated heterocycles. The van der Waals surface area contributed by atoms with Gasteiger partial charge in [0.2, 0.25) is 17.7 Å². The first kappa shape index (κ1) is 29.8. The van der Waals surface area contributed by atoms with E-state index in [1.807, 2.05) is 16.7 Å². The fraction of sp³-hybridized carbons (Fsp3) is 0.484. The number of benzene rings is 1. The van der Waals surface area contributed by atoms with Gasteiger partial charge < -0.3 is 23.7 Å². The van der Waals surface area contributed by atoms with E-state index in [0.717, 1.165) is 32.1 Å². The number of likely N-dealkylation sites (tertiary alicyclic amines) is 1. The number of ether oxygens (including phenoxy) is 3. The van der Waals surface area contributed by atoms with Gasteiger partial charge >= 0.3 is 0 Å². The second kappa shape index (κ2) is 13.1. The van der Waals surface area contributed by atoms with Crippen molar-refractivity contribution in [2.75, 3.05) is 32.1 Å². The third kappa shape index (κ3) is 6.39. The number of nitrogens with one attached hydrogen (secondary N) is 1. The highest BCUT2D eigenvalue weighted by atomic mass is 35.5. The van der Waals surface area contributed by atoms with Gasteiger partial charge in [0.25, 0.3) is 5.91 Å². The molecule has 2 amide bonds. The Bertz CT molecular complexity index is 1460. The summed E-state index contributed by atoms with van der Waals surface area (Å²) in [6.07, 6.45) is 7.27. The first-order valence-corrected chi connectivity index (χ1v) is 14.9. The number of imidazole rings is 1. The van der Waals surface area contributed by atoms with E-state index < -0.39 is 0 Å². The maximum atomic E-state index is 13.4. The highest BCUT2D eigenvalue weighted by Crippen LogP contribution is 2.40. The molecule has 0 saturated carbocycles. The van der Waals surface area contributed by atoms with Crippen LogP contribution in [0.3, 0.4) is 0 Å². The monoisotopic (exact) mass is 595 g/mol. The predicted molar refractivity (Wildman–Crippen MR) is 161 cm³/mol. The largest absolute Gasteiger partial charge is 0.488 e. The Morgan fingerprint density at radius 3 is 2.81 bits per heavy atom. The van der Waals surface area contributed by atoms with Gasteiger partial charge in [-0.15, -0.1) is 0 Å². The molecule has 1 N–H and O–H groups in total. The fourth-order valence-electron chi connectivity index (χ4n) is 5.69. The number of fused-ring (bicyclic) bond motifs is 1. The van der Waals surface area contributed by atoms with E-state index in [4.69, 9.17) is 30.8 Å². The summed E-state index contributed by atoms with van der Waals surface area (Å²) in [5, 5.41) is 3.40. The van der Waals surface area contributed by atoms with Crippen molar-refractivity contribution in [1.29, 1.82) is 0 Å². The third-order valence-electron chi connectivity index (χ3n) is 8.10. The van der Waals surface area contributed by atoms with Crippen molar-refractivity contribution >= 4 is 40.4 Å². The van der Waals surface area contributed by atoms with Gasteiger partial charge in [0.1, 0.15) is 16.9 Å². The number of amides is 2. The molecule has 2 aromatic heterocycles. The lowest BCUT2D eigenvalue weighted by Gasteiger charge is -2.27. The number of hydrogen-bond donors (Lipinski definition) is 1. The van der Waals surface area contributed by atoms with Gasteiger partial charge in [-0.2, -0.15) is 0 Å². The van der Waals surface area contributed by atoms with E-state index in [1.165, 1.54) is 19.4 Å². The number of methoxy groups -OCH3 is 1. The molecule has 1 aromatic carbocycles. The zero-order valence-electron chi connectivity index (χ0n) is 24.3. The first-order valence-electron chi connectivity index (χ1n) is 14.5. The number of nitrogens with zero attached hydrogens (tertiary/aromatic N) is 4. The molecular formula is C31H38ClN5O5. The Labute approximate surface area is 251 Å². The van der Waals surface area contributed by atoms with E-state index in [1.54, 1.807) is 17.0 Å². The van der Waals surface area contributed by atoms with Crippen LogP contribution >= 0.6 is 11.6 Å². The molecule has 42 heavy (non-hydrogen) atoms. The first-order chi connectivity index (χ1) is 20.3. The zero-order chi connectivity index (χ0) is 29.8. The quantitative estimate of drug-likeness (QED) is 0.351. The molecule has 2 unspecified atom stereocenters. The minimum Gasteiger partial charge on any atom is -0.488 e. The van der Waals surface area contributed by atoms with Gasteiger partial charge in [0, 0.05) is 36.8 Å². The SMILES string of the molecule is C=CC(=O)N1CCCC[C@@H](n2c(NC(=O)c3ccnc(OC)c3)nc3ccc(O[C@@H]4CCC(C)OCC4C)c(Cl)c32)C1. The number of carbonyl (C=O) groups excluding carboxylic acids is 2. The molecule has 224 valence electrons. The lowest BCUT2D eigenvalue weighted by atomic mass is 10.0. The van der Waals surface area contributed by atoms with Gasteiger partial charge in [0.05, 0.1) is 36.9 Å². The molecule has 4 atom stereocenters. The Kier molecular flexibility index (Phi) is 9.33. The van der Waals surface area contributed by atoms with E-state index in [0.29, 0.717) is 58.9 Å². The average Bonchev–Trinajstić information content (AvgIpc) is 3.10. The van der Waals surface area contributed by atoms with Gasteiger partial charge in [-0.05, 0) is 63.3 Å². The van der Waals surface area contributed by atoms with Crippen LogP contribution in [0.25, 0.3) is 11.0 Å². The summed E-state index contributed by atoms with van der Waals surface area (Å²) in [6, 6.07) is 6.68. The maximum Gasteiger partial charge on any atom is 0.258 e. The Hall–Kier alpha value is -3.63. The minimum absolute atomic E-state index is 0.0549. The second-order valence-corrected chi connectivity index (χ2v) is 11.5. The molecule has 5 rings (SSSR count). The van der Waals surface area contributed by atoms with Gasteiger partial charge in [0.15, 0.2) is 0 Å². The van der Waals surface area contributed by atoms with E-state index >= 15 is 0 Å². The summed E-state index contributed by atoms with van der Waals surface area (Å²) in [4.78, 5) is 36.8. The van der Waals surface area contributed by atoms with Crippen LogP contribution in [0, 0.1) is 5.92 Å². The Balaban J connectivity index is 1.56. The topological polar surface area (TPSA) is 108 Å². The number of rotatable bonds is 7. The van der Waals surface area contributed by atoms with Crippen LogP contribution in [-0.2, 0) is 9.53 Å². The van der Waals surface area contributed by atoms with Gasteiger partial charge in [-0.25, -0.2) is 9.97 Å². The van der Waals surface area contributed by atoms with Crippen molar-refractivity contribution in [2.45, 2.75) is 64.2 Å². The highest BCUT2D eigenvalue weighted by Gasteiger charge is 2.30. The van der Waals surface area contributed by atoms with Crippen molar-refractivity contribution in [1.82, 2.24) is 19.4 Å². The summed E-state index contributed by atoms with van der Waals surface area (Å²) in [6.45, 7) is 9.56. The minimum atomic E-state index is -0.367. The van der Waals surface area contributed by atoms with Crippen molar-refractivity contribution in [2.24, 2.45) is 5.92 Å².